The van der Waals surface area contributed by atoms with Crippen LogP contribution in [0.2, 0.25) is 0 Å². The highest BCUT2D eigenvalue weighted by Gasteiger charge is 2.16. The molecule has 0 saturated heterocycles. The van der Waals surface area contributed by atoms with Gasteiger partial charge in [0.1, 0.15) is 18.1 Å². The van der Waals surface area contributed by atoms with Gasteiger partial charge in [0.15, 0.2) is 5.69 Å². The van der Waals surface area contributed by atoms with Crippen LogP contribution in [0.25, 0.3) is 39.2 Å². The van der Waals surface area contributed by atoms with Crippen molar-refractivity contribution in [2.24, 2.45) is 0 Å². The van der Waals surface area contributed by atoms with Gasteiger partial charge < -0.3 is 4.74 Å². The Kier molecular flexibility index (Phi) is 6.63. The van der Waals surface area contributed by atoms with Crippen molar-refractivity contribution in [2.75, 3.05) is 6.61 Å². The average molecular weight is 546 g/mol. The van der Waals surface area contributed by atoms with Crippen LogP contribution in [0.5, 0.6) is 5.75 Å². The molecule has 6 rings (SSSR count). The monoisotopic (exact) mass is 545 g/mol. The van der Waals surface area contributed by atoms with E-state index in [0.717, 1.165) is 39.5 Å². The summed E-state index contributed by atoms with van der Waals surface area (Å²) in [5, 5.41) is 9.26. The fourth-order valence-corrected chi connectivity index (χ4v) is 5.28. The van der Waals surface area contributed by atoms with Crippen LogP contribution in [0, 0.1) is 6.92 Å². The minimum Gasteiger partial charge on any atom is -0.490 e. The lowest BCUT2D eigenvalue weighted by atomic mass is 10.0. The molecule has 0 N–H and O–H groups in total. The van der Waals surface area contributed by atoms with Crippen molar-refractivity contribution in [3.63, 3.8) is 0 Å². The topological polar surface area (TPSA) is 91.4 Å². The van der Waals surface area contributed by atoms with Gasteiger partial charge in [0.25, 0.3) is 5.56 Å². The minimum absolute atomic E-state index is 0.131. The van der Waals surface area contributed by atoms with Crippen molar-refractivity contribution >= 4 is 22.4 Å². The number of para-hydroxylation sites is 1. The Morgan fingerprint density at radius 3 is 2.42 bits per heavy atom. The molecule has 0 saturated carbocycles. The van der Waals surface area contributed by atoms with Crippen molar-refractivity contribution in [3.8, 4) is 34.0 Å². The van der Waals surface area contributed by atoms with E-state index < -0.39 is 5.56 Å². The molecule has 3 aromatic heterocycles. The maximum absolute atomic E-state index is 13.5. The van der Waals surface area contributed by atoms with Crippen LogP contribution in [-0.2, 0) is 0 Å². The standard InChI is InChI=1S/C31H23N5O3S/c1-3-16-39-24-14-15-25(20(2)17-24)27-22(19-35(33-27)23-12-8-5-9-13-23)18-26-30(38)36-31(40-26)32-29(37)28(34-36)21-10-6-4-7-11-21/h3-15,17-19H,1,16H2,2H3/b26-18-. The molecule has 0 bridgehead atoms. The Labute approximate surface area is 232 Å². The number of thiazole rings is 1. The maximum Gasteiger partial charge on any atom is 0.300 e. The molecule has 6 aromatic rings. The lowest BCUT2D eigenvalue weighted by molar-refractivity contribution is 0.363. The van der Waals surface area contributed by atoms with Crippen LogP contribution in [0.4, 0.5) is 0 Å². The summed E-state index contributed by atoms with van der Waals surface area (Å²) in [6, 6.07) is 24.5. The van der Waals surface area contributed by atoms with Gasteiger partial charge in [0.2, 0.25) is 4.96 Å². The summed E-state index contributed by atoms with van der Waals surface area (Å²) in [6.07, 6.45) is 5.36. The quantitative estimate of drug-likeness (QED) is 0.275. The van der Waals surface area contributed by atoms with E-state index in [1.165, 1.54) is 4.52 Å². The third-order valence-electron chi connectivity index (χ3n) is 6.30. The number of aryl methyl sites for hydroxylation is 1. The second-order valence-electron chi connectivity index (χ2n) is 9.03. The Morgan fingerprint density at radius 2 is 1.70 bits per heavy atom. The average Bonchev–Trinajstić information content (AvgIpc) is 3.52. The molecule has 0 aliphatic carbocycles. The first-order chi connectivity index (χ1) is 19.5. The first kappa shape index (κ1) is 25.1. The number of ether oxygens (including phenoxy) is 1. The second kappa shape index (κ2) is 10.5. The lowest BCUT2D eigenvalue weighted by Crippen LogP contribution is -2.26. The molecular formula is C31H23N5O3S. The minimum atomic E-state index is -0.481. The largest absolute Gasteiger partial charge is 0.490 e. The van der Waals surface area contributed by atoms with Gasteiger partial charge in [-0.25, -0.2) is 4.68 Å². The van der Waals surface area contributed by atoms with Gasteiger partial charge in [-0.05, 0) is 48.9 Å². The molecule has 40 heavy (non-hydrogen) atoms. The highest BCUT2D eigenvalue weighted by Crippen LogP contribution is 2.30. The van der Waals surface area contributed by atoms with Gasteiger partial charge in [0, 0.05) is 22.9 Å². The maximum atomic E-state index is 13.5. The van der Waals surface area contributed by atoms with Crippen LogP contribution >= 0.6 is 11.3 Å². The number of rotatable bonds is 7. The molecule has 8 nitrogen and oxygen atoms in total. The SMILES string of the molecule is C=CCOc1ccc(-c2nn(-c3ccccc3)cc2/C=c2\sc3nc(=O)c(-c4ccccc4)nn3c2=O)c(C)c1. The van der Waals surface area contributed by atoms with E-state index in [-0.39, 0.29) is 16.2 Å². The summed E-state index contributed by atoms with van der Waals surface area (Å²) in [6.45, 7) is 6.10. The third kappa shape index (κ3) is 4.74. The summed E-state index contributed by atoms with van der Waals surface area (Å²) in [5.41, 5.74) is 4.09. The lowest BCUT2D eigenvalue weighted by Gasteiger charge is -2.08. The zero-order valence-corrected chi connectivity index (χ0v) is 22.3. The van der Waals surface area contributed by atoms with E-state index >= 15 is 0 Å². The molecule has 0 aliphatic heterocycles. The fourth-order valence-electron chi connectivity index (χ4n) is 4.39. The smallest absolute Gasteiger partial charge is 0.300 e. The van der Waals surface area contributed by atoms with Gasteiger partial charge >= 0.3 is 5.56 Å². The molecular weight excluding hydrogens is 522 g/mol. The molecule has 0 spiro atoms. The number of benzene rings is 3. The number of nitrogens with zero attached hydrogens (tertiary/aromatic N) is 5. The summed E-state index contributed by atoms with van der Waals surface area (Å²) >= 11 is 1.12. The Bertz CT molecular complexity index is 2030. The van der Waals surface area contributed by atoms with Crippen LogP contribution in [-0.4, -0.2) is 31.0 Å². The fraction of sp³-hybridized carbons (Fsp3) is 0.0645. The van der Waals surface area contributed by atoms with E-state index in [0.29, 0.717) is 22.4 Å². The van der Waals surface area contributed by atoms with Gasteiger partial charge in [-0.15, -0.1) is 0 Å². The van der Waals surface area contributed by atoms with Crippen LogP contribution < -0.4 is 20.4 Å². The van der Waals surface area contributed by atoms with Gasteiger partial charge in [-0.3, -0.25) is 9.59 Å². The molecule has 0 fully saturated rings. The normalized spacial score (nSPS) is 11.7. The Morgan fingerprint density at radius 1 is 0.950 bits per heavy atom. The molecule has 3 heterocycles. The van der Waals surface area contributed by atoms with Crippen LogP contribution in [0.3, 0.4) is 0 Å². The summed E-state index contributed by atoms with van der Waals surface area (Å²) in [7, 11) is 0. The molecule has 0 unspecified atom stereocenters. The van der Waals surface area contributed by atoms with Crippen LogP contribution in [0.1, 0.15) is 11.1 Å². The highest BCUT2D eigenvalue weighted by atomic mass is 32.1. The van der Waals surface area contributed by atoms with E-state index in [2.05, 4.69) is 16.7 Å². The number of hydrogen-bond donors (Lipinski definition) is 0. The number of aromatic nitrogens is 5. The van der Waals surface area contributed by atoms with E-state index in [1.807, 2.05) is 79.9 Å². The molecule has 0 atom stereocenters. The molecule has 9 heteroatoms. The van der Waals surface area contributed by atoms with Gasteiger partial charge in [0.05, 0.1) is 10.2 Å². The van der Waals surface area contributed by atoms with Crippen molar-refractivity contribution in [3.05, 3.63) is 134 Å². The van der Waals surface area contributed by atoms with E-state index in [1.54, 1.807) is 29.0 Å². The summed E-state index contributed by atoms with van der Waals surface area (Å²) in [4.78, 5) is 30.6. The van der Waals surface area contributed by atoms with Crippen molar-refractivity contribution in [2.45, 2.75) is 6.92 Å². The molecule has 0 radical (unpaired) electrons. The van der Waals surface area contributed by atoms with Gasteiger partial charge in [-0.1, -0.05) is 72.5 Å². The summed E-state index contributed by atoms with van der Waals surface area (Å²) in [5.74, 6) is 0.733. The first-order valence-electron chi connectivity index (χ1n) is 12.5. The van der Waals surface area contributed by atoms with E-state index in [4.69, 9.17) is 9.84 Å². The zero-order chi connectivity index (χ0) is 27.6. The third-order valence-corrected chi connectivity index (χ3v) is 7.26. The number of fused-ring (bicyclic) bond motifs is 1. The van der Waals surface area contributed by atoms with Crippen molar-refractivity contribution in [1.29, 1.82) is 0 Å². The molecule has 0 aliphatic rings. The Hall–Kier alpha value is -5.15. The molecule has 0 amide bonds. The zero-order valence-electron chi connectivity index (χ0n) is 21.5. The Balaban J connectivity index is 1.52. The van der Waals surface area contributed by atoms with Crippen molar-refractivity contribution < 1.29 is 4.74 Å². The summed E-state index contributed by atoms with van der Waals surface area (Å²) < 4.78 is 9.06. The number of hydrogen-bond acceptors (Lipinski definition) is 7. The van der Waals surface area contributed by atoms with Crippen molar-refractivity contribution in [1.82, 2.24) is 24.4 Å². The predicted molar refractivity (Wildman–Crippen MR) is 157 cm³/mol. The first-order valence-corrected chi connectivity index (χ1v) is 13.3. The highest BCUT2D eigenvalue weighted by molar-refractivity contribution is 7.15. The molecule has 196 valence electrons. The van der Waals surface area contributed by atoms with E-state index in [9.17, 15) is 9.59 Å². The second-order valence-corrected chi connectivity index (χ2v) is 10.0. The van der Waals surface area contributed by atoms with Crippen LogP contribution in [0.15, 0.2) is 107 Å². The molecule has 3 aromatic carbocycles. The predicted octanol–water partition coefficient (Wildman–Crippen LogP) is 4.45. The van der Waals surface area contributed by atoms with Gasteiger partial charge in [-0.2, -0.15) is 19.7 Å².